The van der Waals surface area contributed by atoms with Crippen LogP contribution in [0, 0.1) is 6.92 Å². The third-order valence-corrected chi connectivity index (χ3v) is 5.35. The second-order valence-electron chi connectivity index (χ2n) is 6.09. The van der Waals surface area contributed by atoms with Crippen LogP contribution in [-0.4, -0.2) is 56.1 Å². The van der Waals surface area contributed by atoms with Crippen molar-refractivity contribution < 1.29 is 0 Å². The molecule has 3 nitrogen and oxygen atoms in total. The van der Waals surface area contributed by atoms with Gasteiger partial charge in [0.15, 0.2) is 0 Å². The zero-order valence-electron chi connectivity index (χ0n) is 13.4. The zero-order chi connectivity index (χ0) is 14.5. The monoisotopic (exact) mass is 295 g/mol. The van der Waals surface area contributed by atoms with Crippen LogP contribution in [0.5, 0.6) is 0 Å². The molecule has 0 radical (unpaired) electrons. The highest BCUT2D eigenvalue weighted by atomic mass is 32.1. The highest BCUT2D eigenvalue weighted by Gasteiger charge is 2.26. The molecular weight excluding hydrogens is 266 g/mol. The summed E-state index contributed by atoms with van der Waals surface area (Å²) in [4.78, 5) is 7.90. The summed E-state index contributed by atoms with van der Waals surface area (Å²) in [5.41, 5.74) is 0. The van der Waals surface area contributed by atoms with Crippen molar-refractivity contribution in [2.75, 3.05) is 40.3 Å². The summed E-state index contributed by atoms with van der Waals surface area (Å²) < 4.78 is 0. The Morgan fingerprint density at radius 2 is 2.15 bits per heavy atom. The molecule has 1 aliphatic heterocycles. The molecule has 20 heavy (non-hydrogen) atoms. The van der Waals surface area contributed by atoms with Crippen molar-refractivity contribution in [2.24, 2.45) is 0 Å². The Morgan fingerprint density at radius 3 is 2.80 bits per heavy atom. The van der Waals surface area contributed by atoms with Crippen LogP contribution in [0.2, 0.25) is 0 Å². The number of nitrogens with one attached hydrogen (secondary N) is 1. The van der Waals surface area contributed by atoms with E-state index in [0.29, 0.717) is 12.1 Å². The maximum absolute atomic E-state index is 3.75. The minimum Gasteiger partial charge on any atom is -0.309 e. The summed E-state index contributed by atoms with van der Waals surface area (Å²) >= 11 is 1.94. The first kappa shape index (κ1) is 16.0. The lowest BCUT2D eigenvalue weighted by Gasteiger charge is -2.39. The molecule has 2 heterocycles. The molecule has 2 atom stereocenters. The molecule has 1 aromatic heterocycles. The fourth-order valence-electron chi connectivity index (χ4n) is 2.89. The Hall–Kier alpha value is -0.420. The predicted octanol–water partition coefficient (Wildman–Crippen LogP) is 2.73. The number of aryl methyl sites for hydroxylation is 1. The minimum absolute atomic E-state index is 0.507. The molecule has 0 amide bonds. The Morgan fingerprint density at radius 1 is 1.35 bits per heavy atom. The summed E-state index contributed by atoms with van der Waals surface area (Å²) in [7, 11) is 4.51. The molecule has 1 N–H and O–H groups in total. The van der Waals surface area contributed by atoms with E-state index in [2.05, 4.69) is 55.2 Å². The Kier molecular flexibility index (Phi) is 6.02. The Labute approximate surface area is 128 Å². The van der Waals surface area contributed by atoms with Crippen LogP contribution in [-0.2, 0) is 0 Å². The lowest BCUT2D eigenvalue weighted by Crippen LogP contribution is -2.51. The fraction of sp³-hybridized carbons (Fsp3) is 0.750. The molecule has 1 fully saturated rings. The molecule has 0 aliphatic carbocycles. The van der Waals surface area contributed by atoms with Gasteiger partial charge in [-0.2, -0.15) is 0 Å². The first-order chi connectivity index (χ1) is 9.60. The lowest BCUT2D eigenvalue weighted by molar-refractivity contribution is 0.101. The van der Waals surface area contributed by atoms with E-state index in [1.165, 1.54) is 42.2 Å². The highest BCUT2D eigenvalue weighted by Crippen LogP contribution is 2.28. The van der Waals surface area contributed by atoms with Crippen LogP contribution >= 0.6 is 11.3 Å². The maximum atomic E-state index is 3.75. The van der Waals surface area contributed by atoms with Crippen LogP contribution in [0.15, 0.2) is 12.1 Å². The minimum atomic E-state index is 0.507. The molecule has 1 aliphatic rings. The predicted molar refractivity (Wildman–Crippen MR) is 88.6 cm³/mol. The molecule has 1 saturated heterocycles. The van der Waals surface area contributed by atoms with Gasteiger partial charge in [-0.15, -0.1) is 11.3 Å². The molecule has 4 heteroatoms. The van der Waals surface area contributed by atoms with E-state index in [1.807, 2.05) is 11.3 Å². The average molecular weight is 295 g/mol. The summed E-state index contributed by atoms with van der Waals surface area (Å²) in [6.07, 6.45) is 2.40. The van der Waals surface area contributed by atoms with Crippen LogP contribution in [0.4, 0.5) is 0 Å². The van der Waals surface area contributed by atoms with Gasteiger partial charge < -0.3 is 15.1 Å². The van der Waals surface area contributed by atoms with E-state index in [1.54, 1.807) is 0 Å². The molecule has 114 valence electrons. The summed E-state index contributed by atoms with van der Waals surface area (Å²) in [5.74, 6) is 0. The van der Waals surface area contributed by atoms with Crippen molar-refractivity contribution in [1.82, 2.24) is 15.1 Å². The van der Waals surface area contributed by atoms with Gasteiger partial charge in [0, 0.05) is 41.5 Å². The van der Waals surface area contributed by atoms with Gasteiger partial charge in [0.25, 0.3) is 0 Å². The van der Waals surface area contributed by atoms with Crippen molar-refractivity contribution in [2.45, 2.75) is 38.8 Å². The smallest absolute Gasteiger partial charge is 0.0430 e. The van der Waals surface area contributed by atoms with Gasteiger partial charge >= 0.3 is 0 Å². The Bertz CT molecular complexity index is 404. The number of thiophene rings is 1. The maximum Gasteiger partial charge on any atom is 0.0430 e. The second kappa shape index (κ2) is 7.55. The SMILES string of the molecule is CCCNC(CC1CN(C)CCN1C)c1ccc(C)s1. The van der Waals surface area contributed by atoms with Gasteiger partial charge in [0.05, 0.1) is 0 Å². The number of rotatable bonds is 6. The van der Waals surface area contributed by atoms with Gasteiger partial charge in [-0.3, -0.25) is 0 Å². The van der Waals surface area contributed by atoms with E-state index in [-0.39, 0.29) is 0 Å². The van der Waals surface area contributed by atoms with Gasteiger partial charge in [-0.25, -0.2) is 0 Å². The third kappa shape index (κ3) is 4.29. The molecule has 0 saturated carbocycles. The van der Waals surface area contributed by atoms with Crippen LogP contribution in [0.25, 0.3) is 0 Å². The van der Waals surface area contributed by atoms with Crippen molar-refractivity contribution in [3.8, 4) is 0 Å². The Balaban J connectivity index is 2.02. The first-order valence-electron chi connectivity index (χ1n) is 7.78. The zero-order valence-corrected chi connectivity index (χ0v) is 14.2. The van der Waals surface area contributed by atoms with E-state index >= 15 is 0 Å². The average Bonchev–Trinajstić information content (AvgIpc) is 2.85. The normalized spacial score (nSPS) is 23.1. The van der Waals surface area contributed by atoms with E-state index < -0.39 is 0 Å². The standard InChI is InChI=1S/C16H29N3S/c1-5-8-17-15(16-7-6-13(2)20-16)11-14-12-18(3)9-10-19(14)4/h6-7,14-15,17H,5,8-12H2,1-4H3. The first-order valence-corrected chi connectivity index (χ1v) is 8.60. The quantitative estimate of drug-likeness (QED) is 0.870. The van der Waals surface area contributed by atoms with Crippen LogP contribution in [0.1, 0.15) is 35.6 Å². The van der Waals surface area contributed by atoms with Gasteiger partial charge in [0.1, 0.15) is 0 Å². The van der Waals surface area contributed by atoms with Crippen LogP contribution in [0.3, 0.4) is 0 Å². The van der Waals surface area contributed by atoms with E-state index in [0.717, 1.165) is 6.54 Å². The van der Waals surface area contributed by atoms with Gasteiger partial charge in [0.2, 0.25) is 0 Å². The van der Waals surface area contributed by atoms with Gasteiger partial charge in [-0.1, -0.05) is 6.92 Å². The summed E-state index contributed by atoms with van der Waals surface area (Å²) in [5, 5.41) is 3.75. The van der Waals surface area contributed by atoms with Crippen molar-refractivity contribution >= 4 is 11.3 Å². The summed E-state index contributed by atoms with van der Waals surface area (Å²) in [6, 6.07) is 5.72. The molecule has 2 unspecified atom stereocenters. The molecule has 2 rings (SSSR count). The fourth-order valence-corrected chi connectivity index (χ4v) is 3.85. The number of nitrogens with zero attached hydrogens (tertiary/aromatic N) is 2. The molecule has 0 aromatic carbocycles. The molecular formula is C16H29N3S. The van der Waals surface area contributed by atoms with Crippen molar-refractivity contribution in [3.63, 3.8) is 0 Å². The molecule has 0 spiro atoms. The lowest BCUT2D eigenvalue weighted by atomic mass is 10.0. The number of likely N-dealkylation sites (N-methyl/N-ethyl adjacent to an activating group) is 2. The molecule has 1 aromatic rings. The summed E-state index contributed by atoms with van der Waals surface area (Å²) in [6.45, 7) is 9.11. The third-order valence-electron chi connectivity index (χ3n) is 4.23. The largest absolute Gasteiger partial charge is 0.309 e. The molecule has 0 bridgehead atoms. The van der Waals surface area contributed by atoms with E-state index in [9.17, 15) is 0 Å². The number of piperazine rings is 1. The van der Waals surface area contributed by atoms with Crippen molar-refractivity contribution in [3.05, 3.63) is 21.9 Å². The van der Waals surface area contributed by atoms with Gasteiger partial charge in [-0.05, 0) is 52.5 Å². The second-order valence-corrected chi connectivity index (χ2v) is 7.41. The highest BCUT2D eigenvalue weighted by molar-refractivity contribution is 7.12. The van der Waals surface area contributed by atoms with Crippen LogP contribution < -0.4 is 5.32 Å². The topological polar surface area (TPSA) is 18.5 Å². The van der Waals surface area contributed by atoms with E-state index in [4.69, 9.17) is 0 Å². The van der Waals surface area contributed by atoms with Crippen molar-refractivity contribution in [1.29, 1.82) is 0 Å². The number of hydrogen-bond acceptors (Lipinski definition) is 4. The number of hydrogen-bond donors (Lipinski definition) is 1.